The molecule has 114 valence electrons. The monoisotopic (exact) mass is 317 g/mol. The molecule has 1 aromatic rings. The number of carboxylic acid groups (broad SMARTS) is 1. The van der Waals surface area contributed by atoms with E-state index in [1.165, 1.54) is 11.5 Å². The van der Waals surface area contributed by atoms with Crippen LogP contribution in [-0.4, -0.2) is 37.8 Å². The highest BCUT2D eigenvalue weighted by Gasteiger charge is 2.36. The Bertz CT molecular complexity index is 437. The van der Waals surface area contributed by atoms with Gasteiger partial charge in [-0.1, -0.05) is 18.7 Å². The first-order valence-electron chi connectivity index (χ1n) is 6.84. The fraction of sp³-hybridized carbons (Fsp3) is 0.769. The molecule has 5 nitrogen and oxygen atoms in total. The Morgan fingerprint density at radius 1 is 1.55 bits per heavy atom. The smallest absolute Gasteiger partial charge is 0.323 e. The van der Waals surface area contributed by atoms with Crippen molar-refractivity contribution < 1.29 is 9.90 Å². The van der Waals surface area contributed by atoms with Crippen molar-refractivity contribution in [3.8, 4) is 0 Å². The van der Waals surface area contributed by atoms with Crippen molar-refractivity contribution in [3.05, 3.63) is 5.82 Å². The molecule has 0 aromatic carbocycles. The second kappa shape index (κ2) is 7.95. The molecule has 0 aliphatic rings. The molecule has 0 aliphatic heterocycles. The molecule has 0 fully saturated rings. The van der Waals surface area contributed by atoms with Crippen LogP contribution in [0.5, 0.6) is 0 Å². The van der Waals surface area contributed by atoms with Crippen molar-refractivity contribution in [1.82, 2.24) is 14.7 Å². The van der Waals surface area contributed by atoms with E-state index in [9.17, 15) is 9.90 Å². The fourth-order valence-electron chi connectivity index (χ4n) is 2.09. The van der Waals surface area contributed by atoms with Gasteiger partial charge in [0.05, 0.1) is 0 Å². The third kappa shape index (κ3) is 5.03. The Kier molecular flexibility index (Phi) is 6.91. The van der Waals surface area contributed by atoms with Gasteiger partial charge in [-0.05, 0) is 51.6 Å². The molecule has 0 amide bonds. The lowest BCUT2D eigenvalue weighted by molar-refractivity contribution is -0.145. The summed E-state index contributed by atoms with van der Waals surface area (Å²) in [4.78, 5) is 15.9. The number of rotatable bonds is 9. The zero-order valence-electron chi connectivity index (χ0n) is 12.5. The quantitative estimate of drug-likeness (QED) is 0.539. The van der Waals surface area contributed by atoms with Crippen LogP contribution in [0.3, 0.4) is 0 Å². The van der Waals surface area contributed by atoms with Crippen LogP contribution in [0, 0.1) is 6.92 Å². The molecule has 0 radical (unpaired) electrons. The summed E-state index contributed by atoms with van der Waals surface area (Å²) in [6.07, 6.45) is 2.05. The van der Waals surface area contributed by atoms with E-state index >= 15 is 0 Å². The van der Waals surface area contributed by atoms with Gasteiger partial charge in [0.2, 0.25) is 0 Å². The molecule has 1 atom stereocenters. The van der Waals surface area contributed by atoms with Gasteiger partial charge in [-0.2, -0.15) is 4.37 Å². The van der Waals surface area contributed by atoms with Crippen molar-refractivity contribution in [2.75, 3.05) is 5.75 Å². The van der Waals surface area contributed by atoms with Gasteiger partial charge in [0, 0.05) is 11.8 Å². The van der Waals surface area contributed by atoms with Crippen LogP contribution in [-0.2, 0) is 4.79 Å². The van der Waals surface area contributed by atoms with Crippen molar-refractivity contribution >= 4 is 29.3 Å². The first kappa shape index (κ1) is 17.4. The van der Waals surface area contributed by atoms with Crippen LogP contribution in [0.1, 0.15) is 45.9 Å². The van der Waals surface area contributed by atoms with E-state index in [-0.39, 0.29) is 6.04 Å². The van der Waals surface area contributed by atoms with Gasteiger partial charge in [-0.3, -0.25) is 10.1 Å². The summed E-state index contributed by atoms with van der Waals surface area (Å²) in [5.74, 6) is 0.904. The summed E-state index contributed by atoms with van der Waals surface area (Å²) in [6, 6.07) is 0.157. The molecule has 20 heavy (non-hydrogen) atoms. The molecule has 0 spiro atoms. The summed E-state index contributed by atoms with van der Waals surface area (Å²) in [7, 11) is 0. The molecule has 1 unspecified atom stereocenters. The third-order valence-electron chi connectivity index (χ3n) is 3.06. The number of hydrogen-bond donors (Lipinski definition) is 2. The molecule has 1 heterocycles. The Morgan fingerprint density at radius 2 is 2.25 bits per heavy atom. The molecular formula is C13H23N3O2S2. The lowest BCUT2D eigenvalue weighted by atomic mass is 9.90. The largest absolute Gasteiger partial charge is 0.480 e. The number of aliphatic carboxylic acids is 1. The fourth-order valence-corrected chi connectivity index (χ4v) is 3.75. The van der Waals surface area contributed by atoms with Crippen LogP contribution < -0.4 is 5.32 Å². The number of carbonyl (C=O) groups is 1. The first-order chi connectivity index (χ1) is 9.39. The van der Waals surface area contributed by atoms with Gasteiger partial charge < -0.3 is 5.11 Å². The highest BCUT2D eigenvalue weighted by Crippen LogP contribution is 2.25. The predicted molar refractivity (Wildman–Crippen MR) is 83.5 cm³/mol. The van der Waals surface area contributed by atoms with Gasteiger partial charge in [0.1, 0.15) is 11.4 Å². The number of hydrogen-bond acceptors (Lipinski definition) is 6. The van der Waals surface area contributed by atoms with Gasteiger partial charge in [0.15, 0.2) is 4.34 Å². The molecule has 0 saturated heterocycles. The van der Waals surface area contributed by atoms with E-state index in [2.05, 4.69) is 14.7 Å². The zero-order valence-corrected chi connectivity index (χ0v) is 14.1. The van der Waals surface area contributed by atoms with Crippen LogP contribution in [0.4, 0.5) is 0 Å². The molecule has 1 rings (SSSR count). The van der Waals surface area contributed by atoms with E-state index in [1.807, 2.05) is 27.7 Å². The number of thioether (sulfide) groups is 1. The van der Waals surface area contributed by atoms with Crippen molar-refractivity contribution in [3.63, 3.8) is 0 Å². The van der Waals surface area contributed by atoms with Gasteiger partial charge in [-0.15, -0.1) is 0 Å². The second-order valence-electron chi connectivity index (χ2n) is 5.10. The van der Waals surface area contributed by atoms with E-state index in [1.54, 1.807) is 11.8 Å². The Labute approximate surface area is 128 Å². The van der Waals surface area contributed by atoms with Gasteiger partial charge in [0.25, 0.3) is 0 Å². The maximum absolute atomic E-state index is 11.6. The van der Waals surface area contributed by atoms with Crippen LogP contribution >= 0.6 is 23.3 Å². The lowest BCUT2D eigenvalue weighted by Crippen LogP contribution is -2.54. The summed E-state index contributed by atoms with van der Waals surface area (Å²) >= 11 is 3.05. The molecule has 7 heteroatoms. The van der Waals surface area contributed by atoms with Crippen molar-refractivity contribution in [2.24, 2.45) is 0 Å². The summed E-state index contributed by atoms with van der Waals surface area (Å²) < 4.78 is 5.09. The van der Waals surface area contributed by atoms with E-state index in [0.717, 1.165) is 22.3 Å². The van der Waals surface area contributed by atoms with E-state index < -0.39 is 11.5 Å². The zero-order chi connectivity index (χ0) is 15.2. The summed E-state index contributed by atoms with van der Waals surface area (Å²) in [6.45, 7) is 7.75. The highest BCUT2D eigenvalue weighted by atomic mass is 32.2. The van der Waals surface area contributed by atoms with Gasteiger partial charge in [-0.25, -0.2) is 4.98 Å². The van der Waals surface area contributed by atoms with Crippen LogP contribution in [0.2, 0.25) is 0 Å². The summed E-state index contributed by atoms with van der Waals surface area (Å²) in [5.41, 5.74) is -0.814. The molecule has 2 N–H and O–H groups in total. The second-order valence-corrected chi connectivity index (χ2v) is 7.19. The topological polar surface area (TPSA) is 75.1 Å². The maximum atomic E-state index is 11.6. The maximum Gasteiger partial charge on any atom is 0.323 e. The molecule has 0 bridgehead atoms. The number of nitrogens with one attached hydrogen (secondary N) is 1. The minimum absolute atomic E-state index is 0.157. The van der Waals surface area contributed by atoms with Crippen LogP contribution in [0.25, 0.3) is 0 Å². The molecule has 0 aliphatic carbocycles. The van der Waals surface area contributed by atoms with Crippen molar-refractivity contribution in [2.45, 2.75) is 62.9 Å². The Hall–Kier alpha value is -0.660. The molecule has 1 aromatic heterocycles. The number of aromatic nitrogens is 2. The summed E-state index contributed by atoms with van der Waals surface area (Å²) in [5, 5.41) is 12.7. The number of aryl methyl sites for hydroxylation is 1. The standard InChI is InChI=1S/C13H23N3O2S2/c1-5-13(11(17)18,15-9(2)3)7-6-8-19-12-14-10(4)16-20-12/h9,15H,5-8H2,1-4H3,(H,17,18). The van der Waals surface area contributed by atoms with Gasteiger partial charge >= 0.3 is 5.97 Å². The minimum Gasteiger partial charge on any atom is -0.480 e. The SMILES string of the molecule is CCC(CCCSc1nc(C)ns1)(NC(C)C)C(=O)O. The average Bonchev–Trinajstić information content (AvgIpc) is 2.78. The normalized spacial score (nSPS) is 14.4. The predicted octanol–water partition coefficient (Wildman–Crippen LogP) is 2.95. The highest BCUT2D eigenvalue weighted by molar-refractivity contribution is 8.00. The molecular weight excluding hydrogens is 294 g/mol. The van der Waals surface area contributed by atoms with E-state index in [4.69, 9.17) is 0 Å². The number of nitrogens with zero attached hydrogens (tertiary/aromatic N) is 2. The average molecular weight is 317 g/mol. The first-order valence-corrected chi connectivity index (χ1v) is 8.59. The Morgan fingerprint density at radius 3 is 2.70 bits per heavy atom. The van der Waals surface area contributed by atoms with E-state index in [0.29, 0.717) is 12.8 Å². The van der Waals surface area contributed by atoms with Crippen LogP contribution in [0.15, 0.2) is 4.34 Å². The Balaban J connectivity index is 2.48. The third-order valence-corrected chi connectivity index (χ3v) is 5.07. The molecule has 0 saturated carbocycles. The van der Waals surface area contributed by atoms with Crippen molar-refractivity contribution in [1.29, 1.82) is 0 Å². The lowest BCUT2D eigenvalue weighted by Gasteiger charge is -2.31. The number of carboxylic acids is 1. The minimum atomic E-state index is -0.814.